The molecule has 1 fully saturated rings. The molecule has 1 saturated heterocycles. The van der Waals surface area contributed by atoms with Crippen molar-refractivity contribution in [3.63, 3.8) is 0 Å². The molecule has 1 heterocycles. The molecule has 2 N–H and O–H groups in total. The lowest BCUT2D eigenvalue weighted by atomic mass is 9.92. The van der Waals surface area contributed by atoms with Crippen molar-refractivity contribution in [3.05, 3.63) is 106 Å². The molecule has 0 aliphatic carbocycles. The number of nitrogens with one attached hydrogen (secondary N) is 2. The van der Waals surface area contributed by atoms with Gasteiger partial charge >= 0.3 is 5.97 Å². The summed E-state index contributed by atoms with van der Waals surface area (Å²) in [5.74, 6) is -1.10. The molecule has 1 amide bonds. The highest BCUT2D eigenvalue weighted by Crippen LogP contribution is 2.28. The van der Waals surface area contributed by atoms with Gasteiger partial charge in [-0.1, -0.05) is 86.6 Å². The Labute approximate surface area is 282 Å². The van der Waals surface area contributed by atoms with Crippen LogP contribution in [0.1, 0.15) is 52.2 Å². The number of carbonyl (C=O) groups is 2. The van der Waals surface area contributed by atoms with Gasteiger partial charge in [-0.15, -0.1) is 0 Å². The Hall–Kier alpha value is -4.17. The zero-order valence-electron chi connectivity index (χ0n) is 27.9. The number of ether oxygens (including phenoxy) is 2. The number of nitrogens with zero attached hydrogens (tertiary/aromatic N) is 2. The predicted molar refractivity (Wildman–Crippen MR) is 180 cm³/mol. The summed E-state index contributed by atoms with van der Waals surface area (Å²) in [7, 11) is -4.56. The van der Waals surface area contributed by atoms with E-state index in [0.29, 0.717) is 6.42 Å². The first-order valence-electron chi connectivity index (χ1n) is 15.9. The average Bonchev–Trinajstić information content (AvgIpc) is 3.03. The van der Waals surface area contributed by atoms with Crippen LogP contribution in [0.3, 0.4) is 0 Å². The zero-order valence-corrected chi connectivity index (χ0v) is 28.7. The van der Waals surface area contributed by atoms with Gasteiger partial charge in [-0.3, -0.25) is 14.9 Å². The van der Waals surface area contributed by atoms with Gasteiger partial charge in [0.05, 0.1) is 23.7 Å². The van der Waals surface area contributed by atoms with E-state index in [1.165, 1.54) is 17.0 Å². The number of rotatable bonds is 14. The van der Waals surface area contributed by atoms with Crippen molar-refractivity contribution in [1.82, 2.24) is 14.9 Å². The number of nitro groups is 1. The minimum Gasteiger partial charge on any atom is -0.458 e. The van der Waals surface area contributed by atoms with Crippen molar-refractivity contribution >= 4 is 27.6 Å². The van der Waals surface area contributed by atoms with Gasteiger partial charge in [0, 0.05) is 19.2 Å². The first-order valence-corrected chi connectivity index (χ1v) is 17.4. The van der Waals surface area contributed by atoms with Gasteiger partial charge in [-0.25, -0.2) is 17.9 Å². The molecule has 0 radical (unpaired) electrons. The van der Waals surface area contributed by atoms with E-state index in [1.54, 1.807) is 20.8 Å². The number of carbonyl (C=O) groups excluding carboxylic acids is 2. The topological polar surface area (TPSA) is 157 Å². The van der Waals surface area contributed by atoms with E-state index in [4.69, 9.17) is 9.47 Å². The van der Waals surface area contributed by atoms with Gasteiger partial charge in [0.15, 0.2) is 4.90 Å². The van der Waals surface area contributed by atoms with Crippen LogP contribution in [0.5, 0.6) is 0 Å². The highest BCUT2D eigenvalue weighted by Gasteiger charge is 2.49. The largest absolute Gasteiger partial charge is 0.458 e. The number of amides is 1. The van der Waals surface area contributed by atoms with Crippen LogP contribution in [-0.2, 0) is 42.2 Å². The molecule has 3 aromatic carbocycles. The number of benzene rings is 3. The average molecular weight is 681 g/mol. The predicted octanol–water partition coefficient (Wildman–Crippen LogP) is 4.58. The molecular formula is C35H44N4O8S. The SMILES string of the molecule is CC(C)C[C@@H](C(=O)OC(C)(C)C)N1C[C@@H](OCc2ccccc2)[C@H](NS(=O)(=O)c2ccccc2[N+](=O)[O-])[C@@H](NCc2ccccc2)C1=O. The Morgan fingerprint density at radius 2 is 1.56 bits per heavy atom. The summed E-state index contributed by atoms with van der Waals surface area (Å²) in [4.78, 5) is 40.1. The molecule has 1 aliphatic rings. The van der Waals surface area contributed by atoms with E-state index in [1.807, 2.05) is 74.5 Å². The minimum atomic E-state index is -4.56. The molecule has 1 aliphatic heterocycles. The molecule has 48 heavy (non-hydrogen) atoms. The van der Waals surface area contributed by atoms with Gasteiger partial charge in [0.2, 0.25) is 15.9 Å². The lowest BCUT2D eigenvalue weighted by Gasteiger charge is -2.46. The number of hydrogen-bond donors (Lipinski definition) is 2. The Bertz CT molecular complexity index is 1660. The quantitative estimate of drug-likeness (QED) is 0.141. The molecule has 13 heteroatoms. The van der Waals surface area contributed by atoms with Crippen molar-refractivity contribution in [2.45, 2.75) is 88.9 Å². The molecule has 258 valence electrons. The third-order valence-electron chi connectivity index (χ3n) is 7.75. The summed E-state index contributed by atoms with van der Waals surface area (Å²) in [5.41, 5.74) is 0.213. The normalized spacial score (nSPS) is 19.2. The van der Waals surface area contributed by atoms with Crippen molar-refractivity contribution in [2.24, 2.45) is 5.92 Å². The van der Waals surface area contributed by atoms with Crippen LogP contribution >= 0.6 is 0 Å². The second-order valence-electron chi connectivity index (χ2n) is 13.2. The van der Waals surface area contributed by atoms with E-state index >= 15 is 0 Å². The number of para-hydroxylation sites is 1. The molecule has 4 rings (SSSR count). The fourth-order valence-corrected chi connectivity index (χ4v) is 7.03. The maximum atomic E-state index is 14.5. The number of sulfonamides is 1. The van der Waals surface area contributed by atoms with Crippen LogP contribution in [0.4, 0.5) is 5.69 Å². The van der Waals surface area contributed by atoms with Crippen LogP contribution in [0.25, 0.3) is 0 Å². The molecular weight excluding hydrogens is 636 g/mol. The highest BCUT2D eigenvalue weighted by molar-refractivity contribution is 7.89. The van der Waals surface area contributed by atoms with Gasteiger partial charge < -0.3 is 19.7 Å². The Kier molecular flexibility index (Phi) is 12.1. The van der Waals surface area contributed by atoms with E-state index < -0.39 is 67.2 Å². The van der Waals surface area contributed by atoms with Gasteiger partial charge in [0.1, 0.15) is 17.7 Å². The molecule has 0 spiro atoms. The molecule has 4 atom stereocenters. The van der Waals surface area contributed by atoms with Crippen LogP contribution in [0.15, 0.2) is 89.8 Å². The zero-order chi connectivity index (χ0) is 35.1. The van der Waals surface area contributed by atoms with Crippen molar-refractivity contribution < 1.29 is 32.4 Å². The van der Waals surface area contributed by atoms with Crippen LogP contribution in [0.2, 0.25) is 0 Å². The summed E-state index contributed by atoms with van der Waals surface area (Å²) in [5, 5.41) is 15.0. The third-order valence-corrected chi connectivity index (χ3v) is 9.26. The smallest absolute Gasteiger partial charge is 0.329 e. The second-order valence-corrected chi connectivity index (χ2v) is 14.9. The highest BCUT2D eigenvalue weighted by atomic mass is 32.2. The van der Waals surface area contributed by atoms with Gasteiger partial charge in [-0.2, -0.15) is 0 Å². The van der Waals surface area contributed by atoms with Crippen LogP contribution in [-0.4, -0.2) is 66.5 Å². The molecule has 0 saturated carbocycles. The molecule has 12 nitrogen and oxygen atoms in total. The minimum absolute atomic E-state index is 0.00425. The first-order chi connectivity index (χ1) is 22.7. The number of likely N-dealkylation sites (tertiary alicyclic amines) is 1. The molecule has 0 bridgehead atoms. The number of hydrogen-bond acceptors (Lipinski definition) is 9. The summed E-state index contributed by atoms with van der Waals surface area (Å²) < 4.78 is 42.5. The van der Waals surface area contributed by atoms with E-state index in [2.05, 4.69) is 10.0 Å². The molecule has 0 aromatic heterocycles. The monoisotopic (exact) mass is 680 g/mol. The third kappa shape index (κ3) is 9.69. The lowest BCUT2D eigenvalue weighted by Crippen LogP contribution is -2.71. The van der Waals surface area contributed by atoms with E-state index in [0.717, 1.165) is 23.3 Å². The van der Waals surface area contributed by atoms with Crippen molar-refractivity contribution in [3.8, 4) is 0 Å². The number of piperidine rings is 1. The second kappa shape index (κ2) is 15.8. The lowest BCUT2D eigenvalue weighted by molar-refractivity contribution is -0.387. The number of nitro benzene ring substituents is 1. The van der Waals surface area contributed by atoms with E-state index in [-0.39, 0.29) is 25.6 Å². The fourth-order valence-electron chi connectivity index (χ4n) is 5.59. The number of esters is 1. The summed E-state index contributed by atoms with van der Waals surface area (Å²) >= 11 is 0. The molecule has 3 aromatic rings. The standard InChI is InChI=1S/C35H44N4O8S/c1-24(2)20-28(34(41)47-35(3,4)5)38-22-29(46-23-26-16-10-7-11-17-26)31(32(33(38)40)36-21-25-14-8-6-9-15-25)37-48(44,45)30-19-13-12-18-27(30)39(42)43/h6-19,24,28-29,31-32,36-37H,20-23H2,1-5H3/t28-,29+,31-,32+/m0/s1. The van der Waals surface area contributed by atoms with Gasteiger partial charge in [0.25, 0.3) is 5.69 Å². The van der Waals surface area contributed by atoms with E-state index in [9.17, 15) is 28.1 Å². The maximum absolute atomic E-state index is 14.5. The maximum Gasteiger partial charge on any atom is 0.329 e. The Balaban J connectivity index is 1.80. The summed E-state index contributed by atoms with van der Waals surface area (Å²) in [6.07, 6.45) is -0.685. The van der Waals surface area contributed by atoms with Crippen LogP contribution in [0, 0.1) is 16.0 Å². The Morgan fingerprint density at radius 3 is 2.15 bits per heavy atom. The Morgan fingerprint density at radius 1 is 0.979 bits per heavy atom. The van der Waals surface area contributed by atoms with Crippen LogP contribution < -0.4 is 10.0 Å². The molecule has 0 unspecified atom stereocenters. The van der Waals surface area contributed by atoms with Gasteiger partial charge in [-0.05, 0) is 50.3 Å². The summed E-state index contributed by atoms with van der Waals surface area (Å²) in [6, 6.07) is 20.1. The fraction of sp³-hybridized carbons (Fsp3) is 0.429. The summed E-state index contributed by atoms with van der Waals surface area (Å²) in [6.45, 7) is 9.23. The first kappa shape index (κ1) is 36.7. The van der Waals surface area contributed by atoms with Crippen molar-refractivity contribution in [1.29, 1.82) is 0 Å². The van der Waals surface area contributed by atoms with Crippen molar-refractivity contribution in [2.75, 3.05) is 6.54 Å².